The molecule has 0 unspecified atom stereocenters. The highest BCUT2D eigenvalue weighted by Gasteiger charge is 2.10. The molecule has 0 aliphatic carbocycles. The summed E-state index contributed by atoms with van der Waals surface area (Å²) >= 11 is 4.62. The molecule has 1 heterocycles. The lowest BCUT2D eigenvalue weighted by Gasteiger charge is -1.99. The molecular formula is C10H11N3OS. The van der Waals surface area contributed by atoms with Gasteiger partial charge >= 0.3 is 0 Å². The molecule has 4 nitrogen and oxygen atoms in total. The Kier molecular flexibility index (Phi) is 2.82. The standard InChI is InChI=1S/C10H11N3OS/c11-10(15)13-12-6-7-1-2-9-8(5-7)3-4-14-9/h1-2,5-6H,3-4H2,(H3,11,13,15). The highest BCUT2D eigenvalue weighted by molar-refractivity contribution is 7.80. The number of nitrogens with zero attached hydrogens (tertiary/aromatic N) is 1. The molecule has 15 heavy (non-hydrogen) atoms. The van der Waals surface area contributed by atoms with Crippen LogP contribution >= 0.6 is 12.2 Å². The first kappa shape index (κ1) is 9.92. The minimum atomic E-state index is 0.163. The third-order valence-electron chi connectivity index (χ3n) is 2.10. The van der Waals surface area contributed by atoms with Gasteiger partial charge in [0.25, 0.3) is 0 Å². The van der Waals surface area contributed by atoms with Gasteiger partial charge in [0.1, 0.15) is 5.75 Å². The van der Waals surface area contributed by atoms with Gasteiger partial charge in [0.05, 0.1) is 12.8 Å². The van der Waals surface area contributed by atoms with Crippen LogP contribution in [-0.4, -0.2) is 17.9 Å². The monoisotopic (exact) mass is 221 g/mol. The summed E-state index contributed by atoms with van der Waals surface area (Å²) < 4.78 is 5.40. The SMILES string of the molecule is NC(=S)NN=Cc1ccc2c(c1)CCO2. The minimum absolute atomic E-state index is 0.163. The number of nitrogens with two attached hydrogens (primary N) is 1. The molecular weight excluding hydrogens is 210 g/mol. The first-order chi connectivity index (χ1) is 7.25. The molecule has 0 spiro atoms. The van der Waals surface area contributed by atoms with E-state index in [9.17, 15) is 0 Å². The second-order valence-electron chi connectivity index (χ2n) is 3.20. The van der Waals surface area contributed by atoms with E-state index in [1.54, 1.807) is 6.21 Å². The van der Waals surface area contributed by atoms with E-state index in [4.69, 9.17) is 10.5 Å². The number of ether oxygens (including phenoxy) is 1. The van der Waals surface area contributed by atoms with Crippen molar-refractivity contribution in [1.82, 2.24) is 5.43 Å². The maximum absolute atomic E-state index is 5.40. The van der Waals surface area contributed by atoms with Crippen LogP contribution in [-0.2, 0) is 6.42 Å². The normalized spacial score (nSPS) is 13.6. The van der Waals surface area contributed by atoms with E-state index in [1.807, 2.05) is 18.2 Å². The molecule has 1 aromatic rings. The molecule has 0 atom stereocenters. The van der Waals surface area contributed by atoms with Crippen LogP contribution < -0.4 is 15.9 Å². The van der Waals surface area contributed by atoms with Gasteiger partial charge in [-0.2, -0.15) is 5.10 Å². The van der Waals surface area contributed by atoms with E-state index in [0.29, 0.717) is 0 Å². The Balaban J connectivity index is 2.10. The van der Waals surface area contributed by atoms with E-state index in [-0.39, 0.29) is 5.11 Å². The summed E-state index contributed by atoms with van der Waals surface area (Å²) in [5, 5.41) is 4.05. The smallest absolute Gasteiger partial charge is 0.184 e. The minimum Gasteiger partial charge on any atom is -0.493 e. The molecule has 0 saturated heterocycles. The van der Waals surface area contributed by atoms with Crippen LogP contribution in [0.1, 0.15) is 11.1 Å². The van der Waals surface area contributed by atoms with Gasteiger partial charge < -0.3 is 10.5 Å². The third kappa shape index (κ3) is 2.44. The highest BCUT2D eigenvalue weighted by Crippen LogP contribution is 2.25. The van der Waals surface area contributed by atoms with Crippen molar-refractivity contribution in [3.8, 4) is 5.75 Å². The van der Waals surface area contributed by atoms with E-state index >= 15 is 0 Å². The van der Waals surface area contributed by atoms with Gasteiger partial charge in [0, 0.05) is 6.42 Å². The summed E-state index contributed by atoms with van der Waals surface area (Å²) in [6.45, 7) is 0.765. The number of hydrogen-bond acceptors (Lipinski definition) is 3. The molecule has 78 valence electrons. The quantitative estimate of drug-likeness (QED) is 0.440. The maximum Gasteiger partial charge on any atom is 0.184 e. The average molecular weight is 221 g/mol. The summed E-state index contributed by atoms with van der Waals surface area (Å²) in [6.07, 6.45) is 2.64. The van der Waals surface area contributed by atoms with Gasteiger partial charge in [-0.3, -0.25) is 5.43 Å². The number of fused-ring (bicyclic) bond motifs is 1. The topological polar surface area (TPSA) is 59.6 Å². The highest BCUT2D eigenvalue weighted by atomic mass is 32.1. The van der Waals surface area contributed by atoms with Crippen LogP contribution in [0.25, 0.3) is 0 Å². The second-order valence-corrected chi connectivity index (χ2v) is 3.64. The molecule has 0 saturated carbocycles. The Hall–Kier alpha value is -1.62. The Bertz CT molecular complexity index is 417. The summed E-state index contributed by atoms with van der Waals surface area (Å²) in [6, 6.07) is 5.94. The molecule has 0 bridgehead atoms. The molecule has 1 aliphatic rings. The first-order valence-corrected chi connectivity index (χ1v) is 5.01. The summed E-state index contributed by atoms with van der Waals surface area (Å²) in [4.78, 5) is 0. The number of hydrazone groups is 1. The molecule has 1 aliphatic heterocycles. The van der Waals surface area contributed by atoms with Crippen molar-refractivity contribution in [2.45, 2.75) is 6.42 Å². The lowest BCUT2D eigenvalue weighted by molar-refractivity contribution is 0.357. The molecule has 3 N–H and O–H groups in total. The molecule has 0 amide bonds. The number of hydrogen-bond donors (Lipinski definition) is 2. The fourth-order valence-electron chi connectivity index (χ4n) is 1.46. The van der Waals surface area contributed by atoms with Gasteiger partial charge in [-0.05, 0) is 41.5 Å². The Morgan fingerprint density at radius 1 is 1.60 bits per heavy atom. The van der Waals surface area contributed by atoms with Crippen molar-refractivity contribution in [3.63, 3.8) is 0 Å². The zero-order valence-corrected chi connectivity index (χ0v) is 8.88. The van der Waals surface area contributed by atoms with Crippen LogP contribution in [0.5, 0.6) is 5.75 Å². The van der Waals surface area contributed by atoms with Gasteiger partial charge in [-0.15, -0.1) is 0 Å². The maximum atomic E-state index is 5.40. The largest absolute Gasteiger partial charge is 0.493 e. The van der Waals surface area contributed by atoms with Crippen LogP contribution in [0.3, 0.4) is 0 Å². The Morgan fingerprint density at radius 2 is 2.47 bits per heavy atom. The molecule has 0 radical (unpaired) electrons. The summed E-state index contributed by atoms with van der Waals surface area (Å²) in [7, 11) is 0. The predicted molar refractivity (Wildman–Crippen MR) is 63.2 cm³/mol. The fraction of sp³-hybridized carbons (Fsp3) is 0.200. The lowest BCUT2D eigenvalue weighted by Crippen LogP contribution is -2.23. The molecule has 5 heteroatoms. The fourth-order valence-corrected chi connectivity index (χ4v) is 1.51. The van der Waals surface area contributed by atoms with Crippen LogP contribution in [0, 0.1) is 0 Å². The first-order valence-electron chi connectivity index (χ1n) is 4.60. The van der Waals surface area contributed by atoms with Crippen LogP contribution in [0.15, 0.2) is 23.3 Å². The van der Waals surface area contributed by atoms with Gasteiger partial charge in [-0.25, -0.2) is 0 Å². The molecule has 0 aromatic heterocycles. The molecule has 0 fully saturated rings. The van der Waals surface area contributed by atoms with E-state index in [0.717, 1.165) is 24.3 Å². The number of nitrogens with one attached hydrogen (secondary N) is 1. The zero-order valence-electron chi connectivity index (χ0n) is 8.06. The lowest BCUT2D eigenvalue weighted by atomic mass is 10.1. The van der Waals surface area contributed by atoms with E-state index in [1.165, 1.54) is 5.56 Å². The third-order valence-corrected chi connectivity index (χ3v) is 2.19. The predicted octanol–water partition coefficient (Wildman–Crippen LogP) is 0.789. The van der Waals surface area contributed by atoms with Gasteiger partial charge in [0.15, 0.2) is 5.11 Å². The second kappa shape index (κ2) is 4.27. The van der Waals surface area contributed by atoms with E-state index in [2.05, 4.69) is 22.7 Å². The van der Waals surface area contributed by atoms with Gasteiger partial charge in [-0.1, -0.05) is 0 Å². The van der Waals surface area contributed by atoms with Crippen molar-refractivity contribution in [2.24, 2.45) is 10.8 Å². The van der Waals surface area contributed by atoms with E-state index < -0.39 is 0 Å². The number of thiocarbonyl (C=S) groups is 1. The van der Waals surface area contributed by atoms with Crippen molar-refractivity contribution in [2.75, 3.05) is 6.61 Å². The molecule has 1 aromatic carbocycles. The Morgan fingerprint density at radius 3 is 3.27 bits per heavy atom. The Labute approximate surface area is 93.1 Å². The average Bonchev–Trinajstić information content (AvgIpc) is 2.64. The van der Waals surface area contributed by atoms with Crippen molar-refractivity contribution < 1.29 is 4.74 Å². The van der Waals surface area contributed by atoms with Crippen molar-refractivity contribution in [1.29, 1.82) is 0 Å². The van der Waals surface area contributed by atoms with Crippen LogP contribution in [0.2, 0.25) is 0 Å². The zero-order chi connectivity index (χ0) is 10.7. The van der Waals surface area contributed by atoms with Crippen molar-refractivity contribution in [3.05, 3.63) is 29.3 Å². The summed E-state index contributed by atoms with van der Waals surface area (Å²) in [5.74, 6) is 0.967. The van der Waals surface area contributed by atoms with Gasteiger partial charge in [0.2, 0.25) is 0 Å². The number of benzene rings is 1. The molecule has 2 rings (SSSR count). The summed E-state index contributed by atoms with van der Waals surface area (Å²) in [5.41, 5.74) is 9.96. The number of rotatable bonds is 2. The van der Waals surface area contributed by atoms with Crippen molar-refractivity contribution >= 4 is 23.5 Å². The van der Waals surface area contributed by atoms with Crippen LogP contribution in [0.4, 0.5) is 0 Å².